The number of nitrogens with one attached hydrogen (secondary N) is 1. The van der Waals surface area contributed by atoms with Crippen molar-refractivity contribution in [3.63, 3.8) is 0 Å². The van der Waals surface area contributed by atoms with Gasteiger partial charge >= 0.3 is 0 Å². The van der Waals surface area contributed by atoms with Crippen molar-refractivity contribution >= 4 is 17.5 Å². The summed E-state index contributed by atoms with van der Waals surface area (Å²) < 4.78 is 19.2. The molecule has 0 atom stereocenters. The summed E-state index contributed by atoms with van der Waals surface area (Å²) in [7, 11) is 0. The van der Waals surface area contributed by atoms with E-state index in [2.05, 4.69) is 5.32 Å². The zero-order valence-corrected chi connectivity index (χ0v) is 17.9. The molecule has 6 heteroatoms. The second-order valence-corrected chi connectivity index (χ2v) is 8.82. The van der Waals surface area contributed by atoms with Crippen LogP contribution in [0.2, 0.25) is 0 Å². The Labute approximate surface area is 180 Å². The van der Waals surface area contributed by atoms with E-state index in [4.69, 9.17) is 4.42 Å². The average Bonchev–Trinajstić information content (AvgIpc) is 3.17. The van der Waals surface area contributed by atoms with Crippen LogP contribution < -0.4 is 5.32 Å². The summed E-state index contributed by atoms with van der Waals surface area (Å²) in [6.07, 6.45) is 0.627. The largest absolute Gasteiger partial charge is 0.461 e. The number of carbonyl (C=O) groups is 2. The second kappa shape index (κ2) is 8.02. The third-order valence-electron chi connectivity index (χ3n) is 5.35. The van der Waals surface area contributed by atoms with Gasteiger partial charge in [-0.05, 0) is 54.6 Å². The molecule has 0 aliphatic carbocycles. The topological polar surface area (TPSA) is 62.6 Å². The minimum atomic E-state index is -0.462. The van der Waals surface area contributed by atoms with Gasteiger partial charge in [-0.2, -0.15) is 0 Å². The lowest BCUT2D eigenvalue weighted by Gasteiger charge is -2.26. The number of fused-ring (bicyclic) bond motifs is 1. The molecule has 1 aliphatic heterocycles. The Balaban J connectivity index is 1.47. The molecule has 0 radical (unpaired) electrons. The Morgan fingerprint density at radius 2 is 1.71 bits per heavy atom. The van der Waals surface area contributed by atoms with Gasteiger partial charge in [-0.3, -0.25) is 9.59 Å². The zero-order valence-electron chi connectivity index (χ0n) is 17.9. The Kier molecular flexibility index (Phi) is 5.39. The molecule has 0 saturated carbocycles. The normalized spacial score (nSPS) is 13.6. The van der Waals surface area contributed by atoms with E-state index in [1.165, 1.54) is 24.3 Å². The van der Waals surface area contributed by atoms with Crippen LogP contribution in [0, 0.1) is 11.2 Å². The molecule has 0 saturated heterocycles. The SMILES string of the molecule is CC(C)(C)C(=O)Nc1ccc(-c2cc3c(o2)CCN(C(=O)c2ccc(F)cc2)C3)cc1. The molecular formula is C25H25FN2O3. The van der Waals surface area contributed by atoms with Crippen molar-refractivity contribution in [3.8, 4) is 11.3 Å². The van der Waals surface area contributed by atoms with Gasteiger partial charge in [-0.25, -0.2) is 4.39 Å². The van der Waals surface area contributed by atoms with Crippen LogP contribution >= 0.6 is 0 Å². The second-order valence-electron chi connectivity index (χ2n) is 8.82. The highest BCUT2D eigenvalue weighted by Gasteiger charge is 2.25. The molecule has 0 unspecified atom stereocenters. The summed E-state index contributed by atoms with van der Waals surface area (Å²) in [5.74, 6) is 1.09. The van der Waals surface area contributed by atoms with Gasteiger partial charge in [0.15, 0.2) is 0 Å². The Morgan fingerprint density at radius 3 is 2.35 bits per heavy atom. The lowest BCUT2D eigenvalue weighted by molar-refractivity contribution is -0.123. The maximum Gasteiger partial charge on any atom is 0.254 e. The van der Waals surface area contributed by atoms with Crippen molar-refractivity contribution in [2.24, 2.45) is 5.41 Å². The van der Waals surface area contributed by atoms with Gasteiger partial charge in [0.2, 0.25) is 5.91 Å². The van der Waals surface area contributed by atoms with Crippen LogP contribution in [-0.2, 0) is 17.8 Å². The molecule has 1 N–H and O–H groups in total. The fourth-order valence-corrected chi connectivity index (χ4v) is 3.46. The van der Waals surface area contributed by atoms with E-state index in [0.717, 1.165) is 28.3 Å². The number of benzene rings is 2. The Hall–Kier alpha value is -3.41. The van der Waals surface area contributed by atoms with Crippen LogP contribution in [0.25, 0.3) is 11.3 Å². The molecule has 1 aromatic heterocycles. The number of hydrogen-bond donors (Lipinski definition) is 1. The van der Waals surface area contributed by atoms with Crippen LogP contribution in [-0.4, -0.2) is 23.3 Å². The van der Waals surface area contributed by atoms with Crippen molar-refractivity contribution < 1.29 is 18.4 Å². The fourth-order valence-electron chi connectivity index (χ4n) is 3.46. The minimum absolute atomic E-state index is 0.0420. The third kappa shape index (κ3) is 4.53. The van der Waals surface area contributed by atoms with E-state index in [0.29, 0.717) is 25.1 Å². The molecule has 0 spiro atoms. The maximum absolute atomic E-state index is 13.1. The number of anilines is 1. The number of hydrogen-bond acceptors (Lipinski definition) is 3. The predicted molar refractivity (Wildman–Crippen MR) is 117 cm³/mol. The van der Waals surface area contributed by atoms with Crippen molar-refractivity contribution in [1.82, 2.24) is 4.90 Å². The number of furan rings is 1. The Bertz CT molecular complexity index is 1110. The van der Waals surface area contributed by atoms with Crippen LogP contribution in [0.5, 0.6) is 0 Å². The van der Waals surface area contributed by atoms with E-state index in [-0.39, 0.29) is 17.6 Å². The molecule has 0 bridgehead atoms. The summed E-state index contributed by atoms with van der Waals surface area (Å²) in [4.78, 5) is 26.6. The molecular weight excluding hydrogens is 395 g/mol. The van der Waals surface area contributed by atoms with Gasteiger partial charge in [0.25, 0.3) is 5.91 Å². The zero-order chi connectivity index (χ0) is 22.2. The summed E-state index contributed by atoms with van der Waals surface area (Å²) in [5.41, 5.74) is 2.62. The van der Waals surface area contributed by atoms with E-state index >= 15 is 0 Å². The quantitative estimate of drug-likeness (QED) is 0.628. The van der Waals surface area contributed by atoms with Crippen LogP contribution in [0.1, 0.15) is 42.5 Å². The number of amides is 2. The highest BCUT2D eigenvalue weighted by molar-refractivity contribution is 5.95. The summed E-state index contributed by atoms with van der Waals surface area (Å²) >= 11 is 0. The van der Waals surface area contributed by atoms with Crippen LogP contribution in [0.4, 0.5) is 10.1 Å². The first-order chi connectivity index (χ1) is 14.7. The first-order valence-corrected chi connectivity index (χ1v) is 10.3. The van der Waals surface area contributed by atoms with E-state index in [1.807, 2.05) is 51.1 Å². The average molecular weight is 420 g/mol. The molecule has 3 aromatic rings. The molecule has 2 aromatic carbocycles. The van der Waals surface area contributed by atoms with E-state index in [1.54, 1.807) is 4.90 Å². The predicted octanol–water partition coefficient (Wildman–Crippen LogP) is 5.27. The van der Waals surface area contributed by atoms with Gasteiger partial charge in [0, 0.05) is 47.3 Å². The molecule has 4 rings (SSSR count). The van der Waals surface area contributed by atoms with Gasteiger partial charge < -0.3 is 14.6 Å². The Morgan fingerprint density at radius 1 is 1.03 bits per heavy atom. The first kappa shape index (κ1) is 20.8. The number of nitrogens with zero attached hydrogens (tertiary/aromatic N) is 1. The van der Waals surface area contributed by atoms with Gasteiger partial charge in [0.1, 0.15) is 17.3 Å². The number of halogens is 1. The highest BCUT2D eigenvalue weighted by atomic mass is 19.1. The molecule has 2 heterocycles. The first-order valence-electron chi connectivity index (χ1n) is 10.3. The summed E-state index contributed by atoms with van der Waals surface area (Å²) in [5, 5.41) is 2.91. The summed E-state index contributed by atoms with van der Waals surface area (Å²) in [6.45, 7) is 6.61. The minimum Gasteiger partial charge on any atom is -0.461 e. The number of rotatable bonds is 3. The van der Waals surface area contributed by atoms with Crippen molar-refractivity contribution in [2.75, 3.05) is 11.9 Å². The van der Waals surface area contributed by atoms with Crippen LogP contribution in [0.3, 0.4) is 0 Å². The molecule has 2 amide bonds. The smallest absolute Gasteiger partial charge is 0.254 e. The van der Waals surface area contributed by atoms with Gasteiger partial charge in [0.05, 0.1) is 0 Å². The standard InChI is InChI=1S/C25H25FN2O3/c1-25(2,3)24(30)27-20-10-6-16(7-11-20)22-14-18-15-28(13-12-21(18)31-22)23(29)17-4-8-19(26)9-5-17/h4-11,14H,12-13,15H2,1-3H3,(H,27,30). The highest BCUT2D eigenvalue weighted by Crippen LogP contribution is 2.31. The van der Waals surface area contributed by atoms with E-state index < -0.39 is 5.41 Å². The summed E-state index contributed by atoms with van der Waals surface area (Å²) in [6, 6.07) is 15.1. The van der Waals surface area contributed by atoms with Crippen molar-refractivity contribution in [1.29, 1.82) is 0 Å². The molecule has 160 valence electrons. The fraction of sp³-hybridized carbons (Fsp3) is 0.280. The molecule has 0 fully saturated rings. The molecule has 5 nitrogen and oxygen atoms in total. The monoisotopic (exact) mass is 420 g/mol. The third-order valence-corrected chi connectivity index (χ3v) is 5.35. The van der Waals surface area contributed by atoms with Crippen molar-refractivity contribution in [3.05, 3.63) is 77.3 Å². The lowest BCUT2D eigenvalue weighted by atomic mass is 9.95. The van der Waals surface area contributed by atoms with Crippen molar-refractivity contribution in [2.45, 2.75) is 33.7 Å². The molecule has 31 heavy (non-hydrogen) atoms. The lowest BCUT2D eigenvalue weighted by Crippen LogP contribution is -2.35. The maximum atomic E-state index is 13.1. The van der Waals surface area contributed by atoms with Gasteiger partial charge in [-0.1, -0.05) is 20.8 Å². The van der Waals surface area contributed by atoms with Gasteiger partial charge in [-0.15, -0.1) is 0 Å². The van der Waals surface area contributed by atoms with Crippen LogP contribution in [0.15, 0.2) is 59.0 Å². The van der Waals surface area contributed by atoms with E-state index in [9.17, 15) is 14.0 Å². The molecule has 1 aliphatic rings. The number of carbonyl (C=O) groups excluding carboxylic acids is 2.